The number of para-hydroxylation sites is 1. The van der Waals surface area contributed by atoms with Gasteiger partial charge in [-0.2, -0.15) is 4.98 Å². The minimum atomic E-state index is -3.49. The molecule has 0 aliphatic rings. The van der Waals surface area contributed by atoms with Gasteiger partial charge in [0.1, 0.15) is 18.7 Å². The van der Waals surface area contributed by atoms with E-state index in [0.29, 0.717) is 34.2 Å². The number of nitrogens with zero attached hydrogens (tertiary/aromatic N) is 2. The summed E-state index contributed by atoms with van der Waals surface area (Å²) in [5, 5.41) is 6.42. The van der Waals surface area contributed by atoms with Crippen molar-refractivity contribution in [2.45, 2.75) is 30.9 Å². The second-order valence-electron chi connectivity index (χ2n) is 8.30. The molecule has 2 aromatic carbocycles. The highest BCUT2D eigenvalue weighted by atomic mass is 32.2. The number of anilines is 4. The number of aromatic nitrogens is 2. The Balaban J connectivity index is 1.95. The van der Waals surface area contributed by atoms with Crippen LogP contribution in [-0.2, 0) is 14.4 Å². The monoisotopic (exact) mass is 488 g/mol. The average molecular weight is 489 g/mol. The van der Waals surface area contributed by atoms with Gasteiger partial charge in [-0.15, -0.1) is 0 Å². The van der Waals surface area contributed by atoms with Crippen molar-refractivity contribution in [2.24, 2.45) is 0 Å². The van der Waals surface area contributed by atoms with E-state index >= 15 is 0 Å². The summed E-state index contributed by atoms with van der Waals surface area (Å²) in [5.41, 5.74) is 1.81. The van der Waals surface area contributed by atoms with Gasteiger partial charge in [-0.25, -0.2) is 13.4 Å². The number of rotatable bonds is 8. The molecule has 0 unspecified atom stereocenters. The molecule has 176 valence electrons. The van der Waals surface area contributed by atoms with Crippen molar-refractivity contribution in [3.8, 4) is 5.75 Å². The van der Waals surface area contributed by atoms with Crippen molar-refractivity contribution in [2.75, 3.05) is 31.1 Å². The summed E-state index contributed by atoms with van der Waals surface area (Å²) in [6.07, 6.45) is 1.64. The predicted octanol–water partition coefficient (Wildman–Crippen LogP) is 4.71. The minimum Gasteiger partial charge on any atom is -0.495 e. The van der Waals surface area contributed by atoms with Gasteiger partial charge in [0, 0.05) is 17.1 Å². The standard InChI is InChI=1S/C23H29N4O4PS/c1-15(2)33(29,30)21-10-8-7-9-19(21)25-22-16(3)14-24-23(27-22)26-18-12-11-17(32(5,6)28)13-20(18)31-4/h7-15H,1-6H3,(H2,24,25,26,27). The smallest absolute Gasteiger partial charge is 0.229 e. The molecule has 33 heavy (non-hydrogen) atoms. The Morgan fingerprint density at radius 1 is 1.03 bits per heavy atom. The van der Waals surface area contributed by atoms with E-state index in [1.54, 1.807) is 75.8 Å². The van der Waals surface area contributed by atoms with Crippen molar-refractivity contribution in [1.82, 2.24) is 9.97 Å². The molecule has 1 aromatic heterocycles. The Bertz CT molecular complexity index is 1320. The Morgan fingerprint density at radius 2 is 1.73 bits per heavy atom. The topological polar surface area (TPSA) is 110 Å². The lowest BCUT2D eigenvalue weighted by molar-refractivity contribution is 0.417. The molecule has 0 radical (unpaired) electrons. The van der Waals surface area contributed by atoms with Crippen LogP contribution in [0.3, 0.4) is 0 Å². The van der Waals surface area contributed by atoms with Crippen molar-refractivity contribution in [3.63, 3.8) is 0 Å². The number of nitrogens with one attached hydrogen (secondary N) is 2. The predicted molar refractivity (Wildman–Crippen MR) is 134 cm³/mol. The Kier molecular flexibility index (Phi) is 7.14. The van der Waals surface area contributed by atoms with Gasteiger partial charge < -0.3 is 19.9 Å². The van der Waals surface area contributed by atoms with Gasteiger partial charge >= 0.3 is 0 Å². The Hall–Kier alpha value is -2.90. The van der Waals surface area contributed by atoms with Crippen LogP contribution in [0.4, 0.5) is 23.1 Å². The Labute approximate surface area is 195 Å². The molecular weight excluding hydrogens is 459 g/mol. The SMILES string of the molecule is COc1cc(P(C)(C)=O)ccc1Nc1ncc(C)c(Nc2ccccc2S(=O)(=O)C(C)C)n1. The van der Waals surface area contributed by atoms with E-state index < -0.39 is 22.2 Å². The van der Waals surface area contributed by atoms with Crippen LogP contribution in [0.5, 0.6) is 5.75 Å². The first-order valence-corrected chi connectivity index (χ1v) is 14.5. The first-order valence-electron chi connectivity index (χ1n) is 10.4. The quantitative estimate of drug-likeness (QED) is 0.439. The number of hydrogen-bond acceptors (Lipinski definition) is 8. The maximum absolute atomic E-state index is 12.8. The van der Waals surface area contributed by atoms with Gasteiger partial charge in [0.15, 0.2) is 9.84 Å². The van der Waals surface area contributed by atoms with E-state index in [9.17, 15) is 13.0 Å². The molecule has 0 spiro atoms. The third-order valence-corrected chi connectivity index (χ3v) is 8.82. The second kappa shape index (κ2) is 9.53. The molecule has 0 amide bonds. The molecule has 0 aliphatic heterocycles. The highest BCUT2D eigenvalue weighted by molar-refractivity contribution is 7.92. The second-order valence-corrected chi connectivity index (χ2v) is 14.0. The Morgan fingerprint density at radius 3 is 2.36 bits per heavy atom. The van der Waals surface area contributed by atoms with E-state index in [-0.39, 0.29) is 4.90 Å². The van der Waals surface area contributed by atoms with Gasteiger partial charge in [0.05, 0.1) is 28.6 Å². The lowest BCUT2D eigenvalue weighted by Crippen LogP contribution is -2.16. The summed E-state index contributed by atoms with van der Waals surface area (Å²) in [4.78, 5) is 9.09. The van der Waals surface area contributed by atoms with E-state index in [4.69, 9.17) is 4.74 Å². The molecule has 0 atom stereocenters. The highest BCUT2D eigenvalue weighted by Gasteiger charge is 2.23. The van der Waals surface area contributed by atoms with E-state index in [0.717, 1.165) is 5.56 Å². The molecule has 0 fully saturated rings. The number of aryl methyl sites for hydroxylation is 1. The van der Waals surface area contributed by atoms with Gasteiger partial charge in [-0.05, 0) is 64.4 Å². The molecule has 2 N–H and O–H groups in total. The average Bonchev–Trinajstić information content (AvgIpc) is 2.75. The van der Waals surface area contributed by atoms with Crippen LogP contribution in [0.25, 0.3) is 0 Å². The number of hydrogen-bond donors (Lipinski definition) is 2. The number of methoxy groups -OCH3 is 1. The van der Waals surface area contributed by atoms with Crippen LogP contribution < -0.4 is 20.7 Å². The van der Waals surface area contributed by atoms with Gasteiger partial charge in [0.25, 0.3) is 0 Å². The summed E-state index contributed by atoms with van der Waals surface area (Å²) in [6.45, 7) is 8.54. The summed E-state index contributed by atoms with van der Waals surface area (Å²) >= 11 is 0. The van der Waals surface area contributed by atoms with Crippen molar-refractivity contribution >= 4 is 45.4 Å². The lowest BCUT2D eigenvalue weighted by atomic mass is 10.3. The summed E-state index contributed by atoms with van der Waals surface area (Å²) < 4.78 is 43.4. The molecule has 0 aliphatic carbocycles. The fourth-order valence-electron chi connectivity index (χ4n) is 3.07. The maximum atomic E-state index is 12.8. The zero-order chi connectivity index (χ0) is 24.4. The van der Waals surface area contributed by atoms with E-state index in [2.05, 4.69) is 20.6 Å². The molecule has 10 heteroatoms. The lowest BCUT2D eigenvalue weighted by Gasteiger charge is -2.16. The van der Waals surface area contributed by atoms with Crippen molar-refractivity contribution in [1.29, 1.82) is 0 Å². The summed E-state index contributed by atoms with van der Waals surface area (Å²) in [6, 6.07) is 12.1. The number of benzene rings is 2. The fourth-order valence-corrected chi connectivity index (χ4v) is 5.13. The van der Waals surface area contributed by atoms with E-state index in [1.807, 2.05) is 6.92 Å². The molecule has 0 saturated carbocycles. The molecule has 3 rings (SSSR count). The third-order valence-electron chi connectivity index (χ3n) is 5.09. The molecular formula is C23H29N4O4PS. The zero-order valence-corrected chi connectivity index (χ0v) is 21.3. The summed E-state index contributed by atoms with van der Waals surface area (Å²) in [7, 11) is -4.39. The van der Waals surface area contributed by atoms with Crippen LogP contribution in [0.15, 0.2) is 53.6 Å². The first-order chi connectivity index (χ1) is 15.4. The molecule has 3 aromatic rings. The first kappa shape index (κ1) is 24.7. The van der Waals surface area contributed by atoms with Gasteiger partial charge in [-0.1, -0.05) is 12.1 Å². The van der Waals surface area contributed by atoms with Crippen molar-refractivity contribution in [3.05, 3.63) is 54.2 Å². The molecule has 1 heterocycles. The van der Waals surface area contributed by atoms with Gasteiger partial charge in [0.2, 0.25) is 5.95 Å². The van der Waals surface area contributed by atoms with E-state index in [1.165, 1.54) is 7.11 Å². The minimum absolute atomic E-state index is 0.216. The molecule has 0 saturated heterocycles. The summed E-state index contributed by atoms with van der Waals surface area (Å²) in [5.74, 6) is 1.29. The van der Waals surface area contributed by atoms with Crippen LogP contribution in [0, 0.1) is 6.92 Å². The number of ether oxygens (including phenoxy) is 1. The van der Waals surface area contributed by atoms with Gasteiger partial charge in [-0.3, -0.25) is 0 Å². The molecule has 0 bridgehead atoms. The van der Waals surface area contributed by atoms with Crippen LogP contribution in [0.1, 0.15) is 19.4 Å². The normalized spacial score (nSPS) is 12.0. The highest BCUT2D eigenvalue weighted by Crippen LogP contribution is 2.38. The molecule has 8 nitrogen and oxygen atoms in total. The third kappa shape index (κ3) is 5.54. The van der Waals surface area contributed by atoms with Crippen LogP contribution >= 0.6 is 7.14 Å². The van der Waals surface area contributed by atoms with Crippen molar-refractivity contribution < 1.29 is 17.7 Å². The van der Waals surface area contributed by atoms with Crippen LogP contribution in [-0.4, -0.2) is 44.1 Å². The number of sulfone groups is 1. The zero-order valence-electron chi connectivity index (χ0n) is 19.6. The fraction of sp³-hybridized carbons (Fsp3) is 0.304. The maximum Gasteiger partial charge on any atom is 0.229 e. The largest absolute Gasteiger partial charge is 0.495 e. The van der Waals surface area contributed by atoms with Crippen LogP contribution in [0.2, 0.25) is 0 Å².